The second-order valence-electron chi connectivity index (χ2n) is 11.6. The number of hydrogen-bond acceptors (Lipinski definition) is 4. The normalized spacial score (nSPS) is 11.5. The summed E-state index contributed by atoms with van der Waals surface area (Å²) in [6.45, 7) is 0. The van der Waals surface area contributed by atoms with E-state index in [1.165, 1.54) is 10.8 Å². The van der Waals surface area contributed by atoms with E-state index in [-0.39, 0.29) is 0 Å². The Morgan fingerprint density at radius 1 is 0.283 bits per heavy atom. The van der Waals surface area contributed by atoms with E-state index in [1.807, 2.05) is 12.3 Å². The number of fused-ring (bicyclic) bond motifs is 4. The molecule has 46 heavy (non-hydrogen) atoms. The van der Waals surface area contributed by atoms with Crippen molar-refractivity contribution >= 4 is 43.2 Å². The summed E-state index contributed by atoms with van der Waals surface area (Å²) in [6, 6.07) is 53.0. The van der Waals surface area contributed by atoms with Crippen molar-refractivity contribution in [3.63, 3.8) is 0 Å². The van der Waals surface area contributed by atoms with Crippen molar-refractivity contribution in [1.82, 2.24) is 19.9 Å². The van der Waals surface area contributed by atoms with Gasteiger partial charge >= 0.3 is 0 Å². The molecule has 0 N–H and O–H groups in total. The highest BCUT2D eigenvalue weighted by molar-refractivity contribution is 5.93. The van der Waals surface area contributed by atoms with E-state index in [4.69, 9.17) is 15.0 Å². The fourth-order valence-electron chi connectivity index (χ4n) is 6.24. The molecule has 7 aromatic carbocycles. The summed E-state index contributed by atoms with van der Waals surface area (Å²) < 4.78 is 0. The van der Waals surface area contributed by atoms with Crippen molar-refractivity contribution in [1.29, 1.82) is 0 Å². The number of hydrogen-bond donors (Lipinski definition) is 0. The first-order chi connectivity index (χ1) is 22.7. The third-order valence-electron chi connectivity index (χ3n) is 8.69. The van der Waals surface area contributed by atoms with Gasteiger partial charge in [-0.05, 0) is 85.9 Å². The summed E-state index contributed by atoms with van der Waals surface area (Å²) in [6.07, 6.45) is 1.83. The molecule has 0 spiro atoms. The maximum Gasteiger partial charge on any atom is 0.164 e. The molecule has 0 aliphatic carbocycles. The highest BCUT2D eigenvalue weighted by Gasteiger charge is 2.14. The summed E-state index contributed by atoms with van der Waals surface area (Å²) in [5.74, 6) is 1.94. The van der Waals surface area contributed by atoms with Crippen LogP contribution >= 0.6 is 0 Å². The van der Waals surface area contributed by atoms with E-state index >= 15 is 0 Å². The fraction of sp³-hybridized carbons (Fsp3) is 0. The Labute approximate surface area is 265 Å². The van der Waals surface area contributed by atoms with Crippen LogP contribution in [0.15, 0.2) is 158 Å². The third-order valence-corrected chi connectivity index (χ3v) is 8.69. The maximum atomic E-state index is 5.06. The van der Waals surface area contributed by atoms with Gasteiger partial charge in [-0.1, -0.05) is 109 Å². The monoisotopic (exact) mass is 586 g/mol. The van der Waals surface area contributed by atoms with E-state index in [1.54, 1.807) is 0 Å². The smallest absolute Gasteiger partial charge is 0.164 e. The first-order valence-electron chi connectivity index (χ1n) is 15.4. The summed E-state index contributed by atoms with van der Waals surface area (Å²) in [5.41, 5.74) is 6.16. The molecule has 0 aliphatic heterocycles. The molecule has 0 radical (unpaired) electrons. The predicted molar refractivity (Wildman–Crippen MR) is 189 cm³/mol. The average molecular weight is 587 g/mol. The van der Waals surface area contributed by atoms with Crippen LogP contribution in [0.4, 0.5) is 0 Å². The van der Waals surface area contributed by atoms with Gasteiger partial charge in [0.1, 0.15) is 0 Å². The van der Waals surface area contributed by atoms with Crippen LogP contribution in [0.25, 0.3) is 88.5 Å². The topological polar surface area (TPSA) is 51.6 Å². The maximum absolute atomic E-state index is 5.06. The van der Waals surface area contributed by atoms with Crippen LogP contribution in [0.5, 0.6) is 0 Å². The Bertz CT molecular complexity index is 2510. The van der Waals surface area contributed by atoms with Crippen molar-refractivity contribution in [2.45, 2.75) is 0 Å². The van der Waals surface area contributed by atoms with Crippen LogP contribution in [-0.4, -0.2) is 19.9 Å². The molecule has 0 unspecified atom stereocenters. The molecule has 2 aromatic heterocycles. The zero-order valence-electron chi connectivity index (χ0n) is 24.8. The molecule has 0 saturated carbocycles. The van der Waals surface area contributed by atoms with Crippen LogP contribution < -0.4 is 0 Å². The van der Waals surface area contributed by atoms with Gasteiger partial charge in [0, 0.05) is 28.3 Å². The van der Waals surface area contributed by atoms with Crippen molar-refractivity contribution in [2.24, 2.45) is 0 Å². The van der Waals surface area contributed by atoms with Crippen molar-refractivity contribution in [3.8, 4) is 45.3 Å². The number of aromatic nitrogens is 4. The summed E-state index contributed by atoms with van der Waals surface area (Å²) in [4.78, 5) is 19.6. The second-order valence-corrected chi connectivity index (χ2v) is 11.6. The molecule has 4 heteroatoms. The highest BCUT2D eigenvalue weighted by Crippen LogP contribution is 2.32. The van der Waals surface area contributed by atoms with Gasteiger partial charge in [-0.2, -0.15) is 0 Å². The minimum Gasteiger partial charge on any atom is -0.256 e. The molecule has 0 fully saturated rings. The van der Waals surface area contributed by atoms with Crippen LogP contribution in [0.1, 0.15) is 0 Å². The van der Waals surface area contributed by atoms with Crippen LogP contribution in [-0.2, 0) is 0 Å². The quantitative estimate of drug-likeness (QED) is 0.206. The molecule has 214 valence electrons. The minimum atomic E-state index is 0.644. The SMILES string of the molecule is c1ccc2cc(-c3nc(-c4ccc5ccccc5c4)nc(-c4ccc5ccc(-c6ccc7ncccc7c6)cc5c4)n3)ccc2c1. The summed E-state index contributed by atoms with van der Waals surface area (Å²) in [5, 5.41) is 8.08. The van der Waals surface area contributed by atoms with Crippen LogP contribution in [0.3, 0.4) is 0 Å². The van der Waals surface area contributed by atoms with Gasteiger partial charge in [0.15, 0.2) is 17.5 Å². The number of nitrogens with zero attached hydrogens (tertiary/aromatic N) is 4. The number of rotatable bonds is 4. The van der Waals surface area contributed by atoms with Gasteiger partial charge < -0.3 is 0 Å². The van der Waals surface area contributed by atoms with Gasteiger partial charge in [0.05, 0.1) is 5.52 Å². The Hall–Kier alpha value is -6.26. The average Bonchev–Trinajstić information content (AvgIpc) is 3.13. The lowest BCUT2D eigenvalue weighted by molar-refractivity contribution is 1.08. The van der Waals surface area contributed by atoms with Crippen LogP contribution in [0, 0.1) is 0 Å². The molecule has 9 rings (SSSR count). The van der Waals surface area contributed by atoms with E-state index in [9.17, 15) is 0 Å². The van der Waals surface area contributed by atoms with Gasteiger partial charge in [-0.25, -0.2) is 15.0 Å². The first-order valence-corrected chi connectivity index (χ1v) is 15.4. The lowest BCUT2D eigenvalue weighted by atomic mass is 9.98. The van der Waals surface area contributed by atoms with E-state index in [0.29, 0.717) is 17.5 Å². The fourth-order valence-corrected chi connectivity index (χ4v) is 6.24. The largest absolute Gasteiger partial charge is 0.256 e. The van der Waals surface area contributed by atoms with Gasteiger partial charge in [-0.15, -0.1) is 0 Å². The number of benzene rings is 7. The molecule has 0 atom stereocenters. The third kappa shape index (κ3) is 4.73. The Balaban J connectivity index is 1.20. The molecule has 2 heterocycles. The van der Waals surface area contributed by atoms with Crippen LogP contribution in [0.2, 0.25) is 0 Å². The second kappa shape index (κ2) is 10.7. The lowest BCUT2D eigenvalue weighted by Gasteiger charge is -2.11. The highest BCUT2D eigenvalue weighted by atomic mass is 15.0. The van der Waals surface area contributed by atoms with E-state index < -0.39 is 0 Å². The molecular formula is C42H26N4. The van der Waals surface area contributed by atoms with Crippen molar-refractivity contribution in [2.75, 3.05) is 0 Å². The van der Waals surface area contributed by atoms with E-state index in [0.717, 1.165) is 60.3 Å². The standard InChI is InChI=1S/C42H26N4/c1-3-8-30-23-35(16-12-27(30)6-1)40-44-41(36-17-13-28-7-2-4-9-31(28)24-36)46-42(45-40)37-18-14-29-11-15-32(25-38(29)26-37)33-19-20-39-34(22-33)10-5-21-43-39/h1-26H. The Morgan fingerprint density at radius 3 is 1.24 bits per heavy atom. The van der Waals surface area contributed by atoms with Crippen molar-refractivity contribution in [3.05, 3.63) is 158 Å². The molecule has 4 nitrogen and oxygen atoms in total. The summed E-state index contributed by atoms with van der Waals surface area (Å²) in [7, 11) is 0. The lowest BCUT2D eigenvalue weighted by Crippen LogP contribution is -2.00. The number of pyridine rings is 1. The van der Waals surface area contributed by atoms with E-state index in [2.05, 4.69) is 151 Å². The first kappa shape index (κ1) is 26.2. The zero-order valence-corrected chi connectivity index (χ0v) is 24.8. The molecule has 0 saturated heterocycles. The predicted octanol–water partition coefficient (Wildman–Crippen LogP) is 10.5. The van der Waals surface area contributed by atoms with Gasteiger partial charge in [-0.3, -0.25) is 4.98 Å². The molecular weight excluding hydrogens is 560 g/mol. The Morgan fingerprint density at radius 2 is 0.674 bits per heavy atom. The molecule has 0 amide bonds. The van der Waals surface area contributed by atoms with Gasteiger partial charge in [0.25, 0.3) is 0 Å². The van der Waals surface area contributed by atoms with Gasteiger partial charge in [0.2, 0.25) is 0 Å². The molecule has 9 aromatic rings. The molecule has 0 aliphatic rings. The zero-order chi connectivity index (χ0) is 30.5. The van der Waals surface area contributed by atoms with Crippen molar-refractivity contribution < 1.29 is 0 Å². The minimum absolute atomic E-state index is 0.644. The molecule has 0 bridgehead atoms. The Kier molecular flexibility index (Phi) is 6.10. The summed E-state index contributed by atoms with van der Waals surface area (Å²) >= 11 is 0.